The molecule has 3 N–H and O–H groups in total. The lowest BCUT2D eigenvalue weighted by atomic mass is 9.90. The number of hydrogen-bond acceptors (Lipinski definition) is 5. The molecule has 29 heavy (non-hydrogen) atoms. The molecule has 4 rings (SSSR count). The first-order valence-corrected chi connectivity index (χ1v) is 10.5. The number of rotatable bonds is 5. The minimum absolute atomic E-state index is 0.519. The Morgan fingerprint density at radius 3 is 2.55 bits per heavy atom. The zero-order chi connectivity index (χ0) is 20.2. The van der Waals surface area contributed by atoms with Gasteiger partial charge in [-0.15, -0.1) is 0 Å². The Kier molecular flexibility index (Phi) is 6.07. The Balaban J connectivity index is 1.44. The van der Waals surface area contributed by atoms with Gasteiger partial charge >= 0.3 is 0 Å². The van der Waals surface area contributed by atoms with Gasteiger partial charge in [0, 0.05) is 18.1 Å². The molecule has 0 unspecified atom stereocenters. The van der Waals surface area contributed by atoms with Crippen molar-refractivity contribution in [1.29, 1.82) is 0 Å². The van der Waals surface area contributed by atoms with Crippen molar-refractivity contribution in [3.8, 4) is 0 Å². The molecule has 0 spiro atoms. The van der Waals surface area contributed by atoms with Crippen LogP contribution in [-0.4, -0.2) is 23.1 Å². The number of nitrogens with two attached hydrogens (primary N) is 1. The Morgan fingerprint density at radius 1 is 1.03 bits per heavy atom. The van der Waals surface area contributed by atoms with Gasteiger partial charge in [0.25, 0.3) is 0 Å². The van der Waals surface area contributed by atoms with Gasteiger partial charge < -0.3 is 16.0 Å². The van der Waals surface area contributed by atoms with Crippen LogP contribution in [0.25, 0.3) is 0 Å². The number of halogens is 2. The summed E-state index contributed by atoms with van der Waals surface area (Å²) in [6.07, 6.45) is 4.87. The van der Waals surface area contributed by atoms with Crippen molar-refractivity contribution in [2.24, 2.45) is 5.92 Å². The smallest absolute Gasteiger partial charge is 0.159 e. The van der Waals surface area contributed by atoms with Crippen LogP contribution in [0.2, 0.25) is 10.0 Å². The van der Waals surface area contributed by atoms with Crippen molar-refractivity contribution >= 4 is 46.2 Å². The lowest BCUT2D eigenvalue weighted by Gasteiger charge is -2.33. The van der Waals surface area contributed by atoms with Crippen LogP contribution < -0.4 is 16.0 Å². The lowest BCUT2D eigenvalue weighted by Crippen LogP contribution is -2.35. The van der Waals surface area contributed by atoms with Crippen LogP contribution >= 0.6 is 23.2 Å². The number of hydrogen-bond donors (Lipinski definition) is 2. The molecule has 3 aromatic rings. The first-order valence-electron chi connectivity index (χ1n) is 9.71. The zero-order valence-corrected chi connectivity index (χ0v) is 17.5. The van der Waals surface area contributed by atoms with E-state index in [0.717, 1.165) is 38.2 Å². The molecular weight excluding hydrogens is 405 g/mol. The monoisotopic (exact) mass is 427 g/mol. The van der Waals surface area contributed by atoms with Gasteiger partial charge in [0.05, 0.1) is 10.7 Å². The fourth-order valence-electron chi connectivity index (χ4n) is 3.76. The van der Waals surface area contributed by atoms with Crippen molar-refractivity contribution in [2.75, 3.05) is 29.0 Å². The second kappa shape index (κ2) is 8.89. The predicted octanol–water partition coefficient (Wildman–Crippen LogP) is 5.57. The average molecular weight is 428 g/mol. The molecule has 1 fully saturated rings. The molecular formula is C22H23Cl2N5. The van der Waals surface area contributed by atoms with Crippen molar-refractivity contribution in [1.82, 2.24) is 9.97 Å². The van der Waals surface area contributed by atoms with E-state index >= 15 is 0 Å². The molecule has 1 aliphatic heterocycles. The third-order valence-electron chi connectivity index (χ3n) is 5.33. The van der Waals surface area contributed by atoms with Gasteiger partial charge in [0.15, 0.2) is 11.6 Å². The van der Waals surface area contributed by atoms with Crippen LogP contribution in [0.3, 0.4) is 0 Å². The summed E-state index contributed by atoms with van der Waals surface area (Å²) in [6.45, 7) is 1.85. The minimum Gasteiger partial charge on any atom is -0.393 e. The quantitative estimate of drug-likeness (QED) is 0.556. The van der Waals surface area contributed by atoms with Gasteiger partial charge in [0.2, 0.25) is 0 Å². The van der Waals surface area contributed by atoms with Crippen LogP contribution in [0.5, 0.6) is 0 Å². The van der Waals surface area contributed by atoms with Crippen molar-refractivity contribution in [3.63, 3.8) is 0 Å². The molecule has 1 saturated heterocycles. The van der Waals surface area contributed by atoms with Crippen LogP contribution in [0.1, 0.15) is 18.4 Å². The zero-order valence-electron chi connectivity index (χ0n) is 16.0. The summed E-state index contributed by atoms with van der Waals surface area (Å²) in [5.74, 6) is 1.98. The Bertz CT molecular complexity index is 972. The van der Waals surface area contributed by atoms with Gasteiger partial charge in [-0.2, -0.15) is 0 Å². The first kappa shape index (κ1) is 19.8. The topological polar surface area (TPSA) is 67.1 Å². The van der Waals surface area contributed by atoms with Crippen LogP contribution in [-0.2, 0) is 6.42 Å². The number of aromatic nitrogens is 2. The molecule has 2 aromatic carbocycles. The number of piperidine rings is 1. The highest BCUT2D eigenvalue weighted by molar-refractivity contribution is 6.35. The summed E-state index contributed by atoms with van der Waals surface area (Å²) in [5, 5.41) is 4.32. The fraction of sp³-hybridized carbons (Fsp3) is 0.273. The van der Waals surface area contributed by atoms with Gasteiger partial charge in [-0.1, -0.05) is 53.5 Å². The van der Waals surface area contributed by atoms with E-state index in [4.69, 9.17) is 28.9 Å². The predicted molar refractivity (Wildman–Crippen MR) is 121 cm³/mol. The molecule has 0 bridgehead atoms. The number of benzene rings is 2. The molecule has 5 nitrogen and oxygen atoms in total. The van der Waals surface area contributed by atoms with E-state index in [-0.39, 0.29) is 0 Å². The van der Waals surface area contributed by atoms with E-state index in [1.54, 1.807) is 18.2 Å². The molecule has 150 valence electrons. The Hall–Kier alpha value is -2.50. The van der Waals surface area contributed by atoms with Gasteiger partial charge in [0.1, 0.15) is 12.0 Å². The molecule has 0 atom stereocenters. The second-order valence-electron chi connectivity index (χ2n) is 7.33. The number of nitrogens with one attached hydrogen (secondary N) is 1. The van der Waals surface area contributed by atoms with Crippen LogP contribution in [0.4, 0.5) is 23.0 Å². The van der Waals surface area contributed by atoms with E-state index in [0.29, 0.717) is 33.2 Å². The Morgan fingerprint density at radius 2 is 1.79 bits per heavy atom. The Labute approximate surface area is 180 Å². The number of nitrogen functional groups attached to an aromatic ring is 1. The summed E-state index contributed by atoms with van der Waals surface area (Å²) in [4.78, 5) is 11.0. The molecule has 0 amide bonds. The maximum Gasteiger partial charge on any atom is 0.159 e. The summed E-state index contributed by atoms with van der Waals surface area (Å²) in [6, 6.07) is 15.9. The van der Waals surface area contributed by atoms with E-state index in [2.05, 4.69) is 50.5 Å². The summed E-state index contributed by atoms with van der Waals surface area (Å²) >= 11 is 12.3. The van der Waals surface area contributed by atoms with E-state index in [1.807, 2.05) is 0 Å². The van der Waals surface area contributed by atoms with Crippen LogP contribution in [0, 0.1) is 5.92 Å². The normalized spacial score (nSPS) is 14.8. The van der Waals surface area contributed by atoms with Gasteiger partial charge in [-0.05, 0) is 48.9 Å². The first-order chi connectivity index (χ1) is 14.1. The van der Waals surface area contributed by atoms with Crippen LogP contribution in [0.15, 0.2) is 54.9 Å². The summed E-state index contributed by atoms with van der Waals surface area (Å²) in [7, 11) is 0. The lowest BCUT2D eigenvalue weighted by molar-refractivity contribution is 0.402. The summed E-state index contributed by atoms with van der Waals surface area (Å²) < 4.78 is 0. The molecule has 0 aliphatic carbocycles. The fourth-order valence-corrected chi connectivity index (χ4v) is 4.09. The number of anilines is 4. The van der Waals surface area contributed by atoms with E-state index < -0.39 is 0 Å². The van der Waals surface area contributed by atoms with Gasteiger partial charge in [-0.3, -0.25) is 0 Å². The van der Waals surface area contributed by atoms with Crippen molar-refractivity contribution in [3.05, 3.63) is 70.5 Å². The number of nitrogens with zero attached hydrogens (tertiary/aromatic N) is 3. The molecule has 0 radical (unpaired) electrons. The molecule has 1 aromatic heterocycles. The maximum absolute atomic E-state index is 6.40. The highest BCUT2D eigenvalue weighted by Crippen LogP contribution is 2.34. The van der Waals surface area contributed by atoms with E-state index in [9.17, 15) is 0 Å². The highest BCUT2D eigenvalue weighted by Gasteiger charge is 2.23. The minimum atomic E-state index is 0.519. The van der Waals surface area contributed by atoms with Crippen molar-refractivity contribution in [2.45, 2.75) is 19.3 Å². The van der Waals surface area contributed by atoms with Gasteiger partial charge in [-0.25, -0.2) is 9.97 Å². The molecule has 2 heterocycles. The maximum atomic E-state index is 6.40. The standard InChI is InChI=1S/C22H23Cl2N5/c23-17-6-7-18(24)19(13-17)28-21-20(25)22(27-14-26-21)29-10-8-16(9-11-29)12-15-4-2-1-3-5-15/h1-7,13-14,16H,8-12,25H2,(H,26,27,28). The largest absolute Gasteiger partial charge is 0.393 e. The average Bonchev–Trinajstić information content (AvgIpc) is 2.74. The third kappa shape index (κ3) is 4.74. The molecule has 1 aliphatic rings. The SMILES string of the molecule is Nc1c(Nc2cc(Cl)ccc2Cl)ncnc1N1CCC(Cc2ccccc2)CC1. The third-order valence-corrected chi connectivity index (χ3v) is 5.89. The summed E-state index contributed by atoms with van der Waals surface area (Å²) in [5.41, 5.74) is 8.99. The second-order valence-corrected chi connectivity index (χ2v) is 8.17. The highest BCUT2D eigenvalue weighted by atomic mass is 35.5. The molecule has 0 saturated carbocycles. The van der Waals surface area contributed by atoms with Crippen molar-refractivity contribution < 1.29 is 0 Å². The van der Waals surface area contributed by atoms with E-state index in [1.165, 1.54) is 11.9 Å². The molecule has 7 heteroatoms.